The van der Waals surface area contributed by atoms with Gasteiger partial charge < -0.3 is 5.32 Å². The van der Waals surface area contributed by atoms with E-state index in [1.807, 2.05) is 13.8 Å². The van der Waals surface area contributed by atoms with Crippen LogP contribution >= 0.6 is 11.6 Å². The number of benzene rings is 1. The summed E-state index contributed by atoms with van der Waals surface area (Å²) >= 11 is 5.90. The molecule has 0 aliphatic heterocycles. The Hall–Kier alpha value is -1.27. The Morgan fingerprint density at radius 3 is 2.43 bits per heavy atom. The molecule has 0 aliphatic rings. The Morgan fingerprint density at radius 2 is 1.95 bits per heavy atom. The van der Waals surface area contributed by atoms with Gasteiger partial charge in [0, 0.05) is 11.6 Å². The topological polar surface area (TPSA) is 66.5 Å². The molecule has 0 fully saturated rings. The molecule has 1 rings (SSSR count). The summed E-state index contributed by atoms with van der Waals surface area (Å²) in [5, 5.41) is 3.15. The maximum absolute atomic E-state index is 12.1. The molecule has 0 saturated carbocycles. The van der Waals surface area contributed by atoms with Gasteiger partial charge in [-0.1, -0.05) is 31.5 Å². The predicted molar refractivity (Wildman–Crippen MR) is 86.1 cm³/mol. The number of halogens is 1. The van der Waals surface area contributed by atoms with Crippen molar-refractivity contribution in [3.8, 4) is 0 Å². The molecule has 5 nitrogen and oxygen atoms in total. The lowest BCUT2D eigenvalue weighted by Crippen LogP contribution is -2.48. The van der Waals surface area contributed by atoms with E-state index in [1.165, 1.54) is 6.07 Å². The number of anilines is 1. The zero-order valence-electron chi connectivity index (χ0n) is 12.6. The summed E-state index contributed by atoms with van der Waals surface area (Å²) in [6.45, 7) is 5.99. The van der Waals surface area contributed by atoms with Gasteiger partial charge in [-0.3, -0.25) is 9.10 Å². The third-order valence-electron chi connectivity index (χ3n) is 2.84. The fourth-order valence-corrected chi connectivity index (χ4v) is 3.23. The van der Waals surface area contributed by atoms with E-state index in [0.717, 1.165) is 10.6 Å². The van der Waals surface area contributed by atoms with E-state index < -0.39 is 16.1 Å². The molecule has 0 spiro atoms. The molecule has 0 aliphatic carbocycles. The van der Waals surface area contributed by atoms with Gasteiger partial charge in [0.25, 0.3) is 0 Å². The second-order valence-electron chi connectivity index (χ2n) is 5.35. The Kier molecular flexibility index (Phi) is 6.04. The van der Waals surface area contributed by atoms with Crippen LogP contribution in [0.5, 0.6) is 0 Å². The van der Waals surface area contributed by atoms with E-state index in [2.05, 4.69) is 5.32 Å². The number of carbonyl (C=O) groups excluding carboxylic acids is 1. The first-order valence-electron chi connectivity index (χ1n) is 6.65. The molecule has 1 aromatic carbocycles. The van der Waals surface area contributed by atoms with Gasteiger partial charge in [-0.25, -0.2) is 8.42 Å². The molecular weight excluding hydrogens is 312 g/mol. The molecule has 0 radical (unpaired) electrons. The molecule has 1 unspecified atom stereocenters. The predicted octanol–water partition coefficient (Wildman–Crippen LogP) is 2.27. The van der Waals surface area contributed by atoms with E-state index in [0.29, 0.717) is 23.2 Å². The summed E-state index contributed by atoms with van der Waals surface area (Å²) < 4.78 is 25.1. The van der Waals surface area contributed by atoms with Gasteiger partial charge in [-0.2, -0.15) is 0 Å². The standard InChI is InChI=1S/C14H21ClN2O3S/c1-10(2)9-16-14(18)11(3)17(21(4,19)20)13-7-5-6-12(15)8-13/h5-8,10-11H,9H2,1-4H3,(H,16,18). The van der Waals surface area contributed by atoms with Gasteiger partial charge in [-0.15, -0.1) is 0 Å². The SMILES string of the molecule is CC(C)CNC(=O)C(C)N(c1cccc(Cl)c1)S(C)(=O)=O. The minimum Gasteiger partial charge on any atom is -0.354 e. The molecule has 1 N–H and O–H groups in total. The Balaban J connectivity index is 3.07. The zero-order valence-corrected chi connectivity index (χ0v) is 14.2. The van der Waals surface area contributed by atoms with E-state index in [9.17, 15) is 13.2 Å². The highest BCUT2D eigenvalue weighted by atomic mass is 35.5. The molecule has 118 valence electrons. The largest absolute Gasteiger partial charge is 0.354 e. The van der Waals surface area contributed by atoms with Crippen LogP contribution in [0.4, 0.5) is 5.69 Å². The highest BCUT2D eigenvalue weighted by molar-refractivity contribution is 7.92. The smallest absolute Gasteiger partial charge is 0.243 e. The van der Waals surface area contributed by atoms with Crippen molar-refractivity contribution in [3.05, 3.63) is 29.3 Å². The summed E-state index contributed by atoms with van der Waals surface area (Å²) in [5.74, 6) is -0.0481. The molecule has 1 amide bonds. The number of sulfonamides is 1. The fraction of sp³-hybridized carbons (Fsp3) is 0.500. The lowest BCUT2D eigenvalue weighted by atomic mass is 10.2. The van der Waals surface area contributed by atoms with Gasteiger partial charge in [0.2, 0.25) is 15.9 Å². The van der Waals surface area contributed by atoms with E-state index in [1.54, 1.807) is 25.1 Å². The van der Waals surface area contributed by atoms with Gasteiger partial charge in [-0.05, 0) is 31.0 Å². The van der Waals surface area contributed by atoms with Crippen LogP contribution in [0.2, 0.25) is 5.02 Å². The molecular formula is C14H21ClN2O3S. The van der Waals surface area contributed by atoms with Crippen LogP contribution in [0.1, 0.15) is 20.8 Å². The van der Waals surface area contributed by atoms with Crippen molar-refractivity contribution in [3.63, 3.8) is 0 Å². The number of nitrogens with zero attached hydrogens (tertiary/aromatic N) is 1. The van der Waals surface area contributed by atoms with Gasteiger partial charge >= 0.3 is 0 Å². The molecule has 0 aromatic heterocycles. The number of amides is 1. The maximum atomic E-state index is 12.1. The summed E-state index contributed by atoms with van der Waals surface area (Å²) in [6, 6.07) is 5.58. The molecule has 1 aromatic rings. The Bertz CT molecular complexity index is 602. The van der Waals surface area contributed by atoms with Crippen LogP contribution in [0.25, 0.3) is 0 Å². The van der Waals surface area contributed by atoms with Gasteiger partial charge in [0.15, 0.2) is 0 Å². The van der Waals surface area contributed by atoms with Crippen molar-refractivity contribution >= 4 is 33.2 Å². The van der Waals surface area contributed by atoms with Crippen molar-refractivity contribution < 1.29 is 13.2 Å². The van der Waals surface area contributed by atoms with Crippen molar-refractivity contribution in [1.82, 2.24) is 5.32 Å². The number of hydrogen-bond acceptors (Lipinski definition) is 3. The summed E-state index contributed by atoms with van der Waals surface area (Å²) in [5.41, 5.74) is 0.372. The van der Waals surface area contributed by atoms with Crippen molar-refractivity contribution in [2.75, 3.05) is 17.1 Å². The lowest BCUT2D eigenvalue weighted by Gasteiger charge is -2.28. The average molecular weight is 333 g/mol. The van der Waals surface area contributed by atoms with E-state index >= 15 is 0 Å². The Morgan fingerprint density at radius 1 is 1.33 bits per heavy atom. The zero-order chi connectivity index (χ0) is 16.2. The van der Waals surface area contributed by atoms with Crippen LogP contribution in [0.3, 0.4) is 0 Å². The van der Waals surface area contributed by atoms with Gasteiger partial charge in [0.1, 0.15) is 6.04 Å². The molecule has 7 heteroatoms. The first-order chi connectivity index (χ1) is 9.62. The first-order valence-corrected chi connectivity index (χ1v) is 8.88. The average Bonchev–Trinajstić information content (AvgIpc) is 2.34. The number of carbonyl (C=O) groups is 1. The summed E-state index contributed by atoms with van der Waals surface area (Å²) in [6.07, 6.45) is 1.07. The molecule has 1 atom stereocenters. The molecule has 0 bridgehead atoms. The van der Waals surface area contributed by atoms with Crippen molar-refractivity contribution in [1.29, 1.82) is 0 Å². The van der Waals surface area contributed by atoms with Crippen LogP contribution < -0.4 is 9.62 Å². The number of nitrogens with one attached hydrogen (secondary N) is 1. The van der Waals surface area contributed by atoms with Crippen LogP contribution in [0.15, 0.2) is 24.3 Å². The second kappa shape index (κ2) is 7.13. The first kappa shape index (κ1) is 17.8. The monoisotopic (exact) mass is 332 g/mol. The minimum absolute atomic E-state index is 0.291. The molecule has 21 heavy (non-hydrogen) atoms. The van der Waals surface area contributed by atoms with Crippen LogP contribution in [-0.4, -0.2) is 33.2 Å². The minimum atomic E-state index is -3.60. The van der Waals surface area contributed by atoms with E-state index in [-0.39, 0.29) is 5.91 Å². The number of rotatable bonds is 6. The fourth-order valence-electron chi connectivity index (χ4n) is 1.87. The van der Waals surface area contributed by atoms with E-state index in [4.69, 9.17) is 11.6 Å². The summed E-state index contributed by atoms with van der Waals surface area (Å²) in [7, 11) is -3.60. The third-order valence-corrected chi connectivity index (χ3v) is 4.31. The van der Waals surface area contributed by atoms with Crippen LogP contribution in [-0.2, 0) is 14.8 Å². The van der Waals surface area contributed by atoms with Crippen LogP contribution in [0, 0.1) is 5.92 Å². The molecule has 0 saturated heterocycles. The highest BCUT2D eigenvalue weighted by Crippen LogP contribution is 2.24. The lowest BCUT2D eigenvalue weighted by molar-refractivity contribution is -0.121. The third kappa shape index (κ3) is 5.21. The normalized spacial score (nSPS) is 13.0. The maximum Gasteiger partial charge on any atom is 0.243 e. The summed E-state index contributed by atoms with van der Waals surface area (Å²) in [4.78, 5) is 12.1. The number of hydrogen-bond donors (Lipinski definition) is 1. The highest BCUT2D eigenvalue weighted by Gasteiger charge is 2.29. The van der Waals surface area contributed by atoms with Crippen molar-refractivity contribution in [2.24, 2.45) is 5.92 Å². The second-order valence-corrected chi connectivity index (χ2v) is 7.65. The van der Waals surface area contributed by atoms with Gasteiger partial charge in [0.05, 0.1) is 11.9 Å². The Labute approximate surface area is 131 Å². The van der Waals surface area contributed by atoms with Crippen molar-refractivity contribution in [2.45, 2.75) is 26.8 Å². The molecule has 0 heterocycles. The quantitative estimate of drug-likeness (QED) is 0.869.